The standard InChI is InChI=1S/C20H28N2O2/c1-24-18-5-3-17(4-6-18)20(9-2-10-20)19(23)22-11-7-15-13-21-14-16(15)8-12-22/h3-6,15-16,21H,2,7-14H2,1H3/t15-,16+. The molecule has 4 nitrogen and oxygen atoms in total. The van der Waals surface area contributed by atoms with Crippen LogP contribution in [0.5, 0.6) is 5.75 Å². The van der Waals surface area contributed by atoms with Crippen molar-refractivity contribution in [3.8, 4) is 5.75 Å². The molecule has 0 bridgehead atoms. The molecule has 2 atom stereocenters. The molecule has 4 heteroatoms. The monoisotopic (exact) mass is 328 g/mol. The first-order valence-electron chi connectivity index (χ1n) is 9.37. The number of hydrogen-bond acceptors (Lipinski definition) is 3. The summed E-state index contributed by atoms with van der Waals surface area (Å²) < 4.78 is 5.27. The van der Waals surface area contributed by atoms with E-state index in [4.69, 9.17) is 4.74 Å². The van der Waals surface area contributed by atoms with Crippen LogP contribution in [-0.2, 0) is 10.2 Å². The lowest BCUT2D eigenvalue weighted by molar-refractivity contribution is -0.141. The fourth-order valence-corrected chi connectivity index (χ4v) is 4.79. The highest BCUT2D eigenvalue weighted by atomic mass is 16.5. The molecule has 1 aliphatic carbocycles. The summed E-state index contributed by atoms with van der Waals surface area (Å²) in [6.07, 6.45) is 5.44. The highest BCUT2D eigenvalue weighted by Crippen LogP contribution is 2.46. The maximum Gasteiger partial charge on any atom is 0.233 e. The molecule has 2 aliphatic heterocycles. The third kappa shape index (κ3) is 2.61. The van der Waals surface area contributed by atoms with Crippen LogP contribution in [0.2, 0.25) is 0 Å². The molecule has 0 unspecified atom stereocenters. The highest BCUT2D eigenvalue weighted by Gasteiger charge is 2.48. The predicted octanol–water partition coefficient (Wildman–Crippen LogP) is 2.57. The molecule has 2 heterocycles. The molecule has 0 spiro atoms. The van der Waals surface area contributed by atoms with Gasteiger partial charge in [-0.25, -0.2) is 0 Å². The third-order valence-corrected chi connectivity index (χ3v) is 6.57. The summed E-state index contributed by atoms with van der Waals surface area (Å²) in [5, 5.41) is 3.51. The topological polar surface area (TPSA) is 41.6 Å². The summed E-state index contributed by atoms with van der Waals surface area (Å²) in [6.45, 7) is 4.13. The van der Waals surface area contributed by atoms with Gasteiger partial charge >= 0.3 is 0 Å². The molecule has 1 N–H and O–H groups in total. The zero-order chi connectivity index (χ0) is 16.6. The van der Waals surface area contributed by atoms with E-state index in [1.54, 1.807) is 7.11 Å². The van der Waals surface area contributed by atoms with E-state index < -0.39 is 0 Å². The van der Waals surface area contributed by atoms with Gasteiger partial charge in [0.25, 0.3) is 0 Å². The Morgan fingerprint density at radius 1 is 1.12 bits per heavy atom. The van der Waals surface area contributed by atoms with Crippen molar-refractivity contribution in [3.05, 3.63) is 29.8 Å². The van der Waals surface area contributed by atoms with Crippen molar-refractivity contribution in [1.29, 1.82) is 0 Å². The number of nitrogens with one attached hydrogen (secondary N) is 1. The Hall–Kier alpha value is -1.55. The van der Waals surface area contributed by atoms with Crippen LogP contribution in [0.3, 0.4) is 0 Å². The molecule has 24 heavy (non-hydrogen) atoms. The first-order chi connectivity index (χ1) is 11.7. The van der Waals surface area contributed by atoms with Gasteiger partial charge in [-0.05, 0) is 68.3 Å². The van der Waals surface area contributed by atoms with Crippen LogP contribution in [0.25, 0.3) is 0 Å². The van der Waals surface area contributed by atoms with Crippen molar-refractivity contribution in [2.24, 2.45) is 11.8 Å². The minimum absolute atomic E-state index is 0.274. The minimum Gasteiger partial charge on any atom is -0.497 e. The number of fused-ring (bicyclic) bond motifs is 1. The van der Waals surface area contributed by atoms with Crippen LogP contribution in [0.15, 0.2) is 24.3 Å². The summed E-state index contributed by atoms with van der Waals surface area (Å²) in [7, 11) is 1.68. The second-order valence-electron chi connectivity index (χ2n) is 7.71. The molecule has 1 amide bonds. The van der Waals surface area contributed by atoms with Gasteiger partial charge in [-0.3, -0.25) is 4.79 Å². The van der Waals surface area contributed by atoms with E-state index >= 15 is 0 Å². The van der Waals surface area contributed by atoms with Crippen molar-refractivity contribution < 1.29 is 9.53 Å². The van der Waals surface area contributed by atoms with E-state index in [2.05, 4.69) is 22.3 Å². The van der Waals surface area contributed by atoms with Crippen molar-refractivity contribution in [3.63, 3.8) is 0 Å². The summed E-state index contributed by atoms with van der Waals surface area (Å²) in [5.74, 6) is 2.75. The van der Waals surface area contributed by atoms with Gasteiger partial charge in [0.1, 0.15) is 5.75 Å². The number of nitrogens with zero attached hydrogens (tertiary/aromatic N) is 1. The van der Waals surface area contributed by atoms with E-state index in [0.29, 0.717) is 5.91 Å². The number of hydrogen-bond donors (Lipinski definition) is 1. The van der Waals surface area contributed by atoms with Crippen LogP contribution in [0, 0.1) is 11.8 Å². The van der Waals surface area contributed by atoms with Gasteiger partial charge in [-0.2, -0.15) is 0 Å². The molecular weight excluding hydrogens is 300 g/mol. The second kappa shape index (κ2) is 6.40. The zero-order valence-electron chi connectivity index (χ0n) is 14.6. The Kier molecular flexibility index (Phi) is 4.25. The van der Waals surface area contributed by atoms with E-state index in [9.17, 15) is 4.79 Å². The third-order valence-electron chi connectivity index (χ3n) is 6.57. The quantitative estimate of drug-likeness (QED) is 0.927. The van der Waals surface area contributed by atoms with Gasteiger partial charge in [0.2, 0.25) is 5.91 Å². The maximum atomic E-state index is 13.4. The van der Waals surface area contributed by atoms with E-state index in [1.165, 1.54) is 5.56 Å². The molecule has 1 aromatic carbocycles. The highest BCUT2D eigenvalue weighted by molar-refractivity contribution is 5.89. The molecule has 3 fully saturated rings. The van der Waals surface area contributed by atoms with Crippen molar-refractivity contribution in [1.82, 2.24) is 10.2 Å². The lowest BCUT2D eigenvalue weighted by Crippen LogP contribution is -2.51. The van der Waals surface area contributed by atoms with Crippen molar-refractivity contribution >= 4 is 5.91 Å². The number of likely N-dealkylation sites (tertiary alicyclic amines) is 1. The molecule has 2 saturated heterocycles. The van der Waals surface area contributed by atoms with Gasteiger partial charge in [0, 0.05) is 13.1 Å². The lowest BCUT2D eigenvalue weighted by Gasteiger charge is -2.44. The minimum atomic E-state index is -0.274. The number of benzene rings is 1. The number of amides is 1. The van der Waals surface area contributed by atoms with Gasteiger partial charge < -0.3 is 15.0 Å². The molecule has 1 saturated carbocycles. The van der Waals surface area contributed by atoms with E-state index in [1.807, 2.05) is 12.1 Å². The predicted molar refractivity (Wildman–Crippen MR) is 94.2 cm³/mol. The summed E-state index contributed by atoms with van der Waals surface area (Å²) in [6, 6.07) is 8.15. The number of ether oxygens (including phenoxy) is 1. The van der Waals surface area contributed by atoms with Crippen molar-refractivity contribution in [2.45, 2.75) is 37.5 Å². The zero-order valence-corrected chi connectivity index (χ0v) is 14.6. The Balaban J connectivity index is 1.52. The lowest BCUT2D eigenvalue weighted by atomic mass is 9.63. The summed E-state index contributed by atoms with van der Waals surface area (Å²) in [5.41, 5.74) is 0.898. The van der Waals surface area contributed by atoms with Crippen molar-refractivity contribution in [2.75, 3.05) is 33.3 Å². The number of methoxy groups -OCH3 is 1. The van der Waals surface area contributed by atoms with Crippen LogP contribution < -0.4 is 10.1 Å². The Morgan fingerprint density at radius 3 is 2.25 bits per heavy atom. The smallest absolute Gasteiger partial charge is 0.233 e. The normalized spacial score (nSPS) is 28.6. The van der Waals surface area contributed by atoms with Crippen LogP contribution in [0.1, 0.15) is 37.7 Å². The Morgan fingerprint density at radius 2 is 1.75 bits per heavy atom. The number of carbonyl (C=O) groups is 1. The van der Waals surface area contributed by atoms with Gasteiger partial charge in [0.05, 0.1) is 12.5 Å². The van der Waals surface area contributed by atoms with Gasteiger partial charge in [-0.15, -0.1) is 0 Å². The van der Waals surface area contributed by atoms with E-state index in [0.717, 1.165) is 75.9 Å². The fourth-order valence-electron chi connectivity index (χ4n) is 4.79. The number of rotatable bonds is 3. The average molecular weight is 328 g/mol. The average Bonchev–Trinajstić information content (AvgIpc) is 2.93. The largest absolute Gasteiger partial charge is 0.497 e. The fraction of sp³-hybridized carbons (Fsp3) is 0.650. The Bertz CT molecular complexity index is 580. The Labute approximate surface area is 144 Å². The van der Waals surface area contributed by atoms with Crippen LogP contribution in [-0.4, -0.2) is 44.1 Å². The summed E-state index contributed by atoms with van der Waals surface area (Å²) in [4.78, 5) is 15.6. The molecule has 4 rings (SSSR count). The van der Waals surface area contributed by atoms with Gasteiger partial charge in [-0.1, -0.05) is 18.6 Å². The SMILES string of the molecule is COc1ccc(C2(C(=O)N3CC[C@@H]4CNC[C@@H]4CC3)CCC2)cc1. The maximum absolute atomic E-state index is 13.4. The number of carbonyl (C=O) groups excluding carboxylic acids is 1. The molecule has 0 aromatic heterocycles. The molecule has 3 aliphatic rings. The van der Waals surface area contributed by atoms with Crippen LogP contribution >= 0.6 is 0 Å². The van der Waals surface area contributed by atoms with E-state index in [-0.39, 0.29) is 5.41 Å². The van der Waals surface area contributed by atoms with Crippen LogP contribution in [0.4, 0.5) is 0 Å². The first kappa shape index (κ1) is 15.9. The molecular formula is C20H28N2O2. The summed E-state index contributed by atoms with van der Waals surface area (Å²) >= 11 is 0. The molecule has 0 radical (unpaired) electrons. The second-order valence-corrected chi connectivity index (χ2v) is 7.71. The molecule has 130 valence electrons. The molecule has 1 aromatic rings. The first-order valence-corrected chi connectivity index (χ1v) is 9.37. The van der Waals surface area contributed by atoms with Gasteiger partial charge in [0.15, 0.2) is 0 Å².